The maximum absolute atomic E-state index is 11.2. The molecular formula is C14H22N2O2. The van der Waals surface area contributed by atoms with E-state index in [1.807, 2.05) is 32.9 Å². The Hall–Kier alpha value is -1.55. The number of hydrogen-bond donors (Lipinski definition) is 2. The van der Waals surface area contributed by atoms with Crippen LogP contribution in [-0.2, 0) is 4.79 Å². The molecule has 0 fully saturated rings. The van der Waals surface area contributed by atoms with Crippen LogP contribution in [-0.4, -0.2) is 17.6 Å². The van der Waals surface area contributed by atoms with Gasteiger partial charge in [0.25, 0.3) is 0 Å². The van der Waals surface area contributed by atoms with Gasteiger partial charge in [-0.1, -0.05) is 6.07 Å². The molecule has 0 heterocycles. The first kappa shape index (κ1) is 14.5. The van der Waals surface area contributed by atoms with Gasteiger partial charge in [-0.05, 0) is 51.0 Å². The van der Waals surface area contributed by atoms with E-state index in [9.17, 15) is 4.79 Å². The first-order valence-electron chi connectivity index (χ1n) is 6.04. The molecular weight excluding hydrogens is 228 g/mol. The Bertz CT molecular complexity index is 421. The highest BCUT2D eigenvalue weighted by Gasteiger charge is 2.28. The molecule has 0 aliphatic heterocycles. The normalized spacial score (nSPS) is 15.8. The highest BCUT2D eigenvalue weighted by molar-refractivity contribution is 5.83. The Morgan fingerprint density at radius 1 is 1.33 bits per heavy atom. The molecule has 0 spiro atoms. The van der Waals surface area contributed by atoms with Crippen molar-refractivity contribution >= 4 is 5.91 Å². The van der Waals surface area contributed by atoms with Crippen molar-refractivity contribution in [2.75, 3.05) is 0 Å². The molecule has 4 heteroatoms. The van der Waals surface area contributed by atoms with Crippen LogP contribution in [0.5, 0.6) is 5.75 Å². The van der Waals surface area contributed by atoms with Gasteiger partial charge in [0.15, 0.2) is 0 Å². The highest BCUT2D eigenvalue weighted by Crippen LogP contribution is 2.20. The maximum atomic E-state index is 11.2. The number of nitrogens with two attached hydrogens (primary N) is 2. The molecule has 4 N–H and O–H groups in total. The van der Waals surface area contributed by atoms with Gasteiger partial charge in [0.2, 0.25) is 5.91 Å². The van der Waals surface area contributed by atoms with Gasteiger partial charge in [0.1, 0.15) is 5.75 Å². The number of hydrogen-bond acceptors (Lipinski definition) is 3. The van der Waals surface area contributed by atoms with E-state index in [4.69, 9.17) is 16.2 Å². The van der Waals surface area contributed by atoms with E-state index in [0.29, 0.717) is 6.42 Å². The number of primary amides is 1. The van der Waals surface area contributed by atoms with E-state index in [0.717, 1.165) is 16.9 Å². The third kappa shape index (κ3) is 4.04. The van der Waals surface area contributed by atoms with Gasteiger partial charge in [-0.3, -0.25) is 4.79 Å². The summed E-state index contributed by atoms with van der Waals surface area (Å²) in [5, 5.41) is 0. The summed E-state index contributed by atoms with van der Waals surface area (Å²) in [4.78, 5) is 11.2. The van der Waals surface area contributed by atoms with Crippen LogP contribution in [0.3, 0.4) is 0 Å². The Kier molecular flexibility index (Phi) is 4.35. The summed E-state index contributed by atoms with van der Waals surface area (Å²) in [6, 6.07) is 6.00. The molecule has 0 saturated carbocycles. The zero-order valence-corrected chi connectivity index (χ0v) is 11.5. The molecule has 1 aromatic rings. The summed E-state index contributed by atoms with van der Waals surface area (Å²) < 4.78 is 5.77. The Morgan fingerprint density at radius 3 is 2.28 bits per heavy atom. The maximum Gasteiger partial charge on any atom is 0.237 e. The fourth-order valence-corrected chi connectivity index (χ4v) is 1.97. The van der Waals surface area contributed by atoms with Crippen molar-refractivity contribution in [1.29, 1.82) is 0 Å². The van der Waals surface area contributed by atoms with Crippen molar-refractivity contribution in [1.82, 2.24) is 0 Å². The molecule has 0 aromatic heterocycles. The number of amides is 1. The number of aryl methyl sites for hydroxylation is 2. The van der Waals surface area contributed by atoms with Crippen molar-refractivity contribution in [2.45, 2.75) is 45.8 Å². The van der Waals surface area contributed by atoms with E-state index >= 15 is 0 Å². The van der Waals surface area contributed by atoms with Gasteiger partial charge in [0, 0.05) is 6.42 Å². The van der Waals surface area contributed by atoms with E-state index < -0.39 is 11.4 Å². The first-order valence-corrected chi connectivity index (χ1v) is 6.04. The van der Waals surface area contributed by atoms with Gasteiger partial charge < -0.3 is 16.2 Å². The van der Waals surface area contributed by atoms with Gasteiger partial charge >= 0.3 is 0 Å². The second-order valence-corrected chi connectivity index (χ2v) is 5.24. The van der Waals surface area contributed by atoms with Gasteiger partial charge in [-0.2, -0.15) is 0 Å². The molecule has 1 amide bonds. The Morgan fingerprint density at radius 2 is 1.83 bits per heavy atom. The van der Waals surface area contributed by atoms with E-state index in [-0.39, 0.29) is 6.10 Å². The molecule has 0 aliphatic rings. The second kappa shape index (κ2) is 5.40. The lowest BCUT2D eigenvalue weighted by Gasteiger charge is -2.25. The lowest BCUT2D eigenvalue weighted by Crippen LogP contribution is -2.51. The van der Waals surface area contributed by atoms with Gasteiger partial charge in [-0.25, -0.2) is 0 Å². The van der Waals surface area contributed by atoms with E-state index in [1.165, 1.54) is 0 Å². The summed E-state index contributed by atoms with van der Waals surface area (Å²) in [6.07, 6.45) is 0.212. The van der Waals surface area contributed by atoms with Crippen molar-refractivity contribution < 1.29 is 9.53 Å². The van der Waals surface area contributed by atoms with Crippen molar-refractivity contribution in [3.8, 4) is 5.75 Å². The molecule has 1 rings (SSSR count). The largest absolute Gasteiger partial charge is 0.491 e. The fourth-order valence-electron chi connectivity index (χ4n) is 1.97. The van der Waals surface area contributed by atoms with Gasteiger partial charge in [-0.15, -0.1) is 0 Å². The SMILES string of the molecule is Cc1cc(C)cc(OC(C)CC(C)(N)C(N)=O)c1. The third-order valence-corrected chi connectivity index (χ3v) is 2.81. The Labute approximate surface area is 108 Å². The van der Waals surface area contributed by atoms with Crippen LogP contribution in [0.25, 0.3) is 0 Å². The molecule has 4 nitrogen and oxygen atoms in total. The lowest BCUT2D eigenvalue weighted by molar-refractivity contribution is -0.123. The monoisotopic (exact) mass is 250 g/mol. The minimum absolute atomic E-state index is 0.173. The standard InChI is InChI=1S/C14H22N2O2/c1-9-5-10(2)7-12(6-9)18-11(3)8-14(4,16)13(15)17/h5-7,11H,8,16H2,1-4H3,(H2,15,17). The molecule has 2 unspecified atom stereocenters. The smallest absolute Gasteiger partial charge is 0.237 e. The molecule has 2 atom stereocenters. The van der Waals surface area contributed by atoms with Crippen LogP contribution in [0.4, 0.5) is 0 Å². The topological polar surface area (TPSA) is 78.3 Å². The zero-order valence-electron chi connectivity index (χ0n) is 11.5. The third-order valence-electron chi connectivity index (χ3n) is 2.81. The number of rotatable bonds is 5. The second-order valence-electron chi connectivity index (χ2n) is 5.24. The average Bonchev–Trinajstić information content (AvgIpc) is 2.13. The fraction of sp³-hybridized carbons (Fsp3) is 0.500. The predicted octanol–water partition coefficient (Wildman–Crippen LogP) is 1.66. The summed E-state index contributed by atoms with van der Waals surface area (Å²) >= 11 is 0. The number of benzene rings is 1. The van der Waals surface area contributed by atoms with Crippen LogP contribution < -0.4 is 16.2 Å². The number of carbonyl (C=O) groups excluding carboxylic acids is 1. The van der Waals surface area contributed by atoms with Crippen LogP contribution in [0.15, 0.2) is 18.2 Å². The minimum Gasteiger partial charge on any atom is -0.491 e. The Balaban J connectivity index is 2.70. The lowest BCUT2D eigenvalue weighted by atomic mass is 9.95. The molecule has 100 valence electrons. The van der Waals surface area contributed by atoms with Crippen LogP contribution in [0.2, 0.25) is 0 Å². The minimum atomic E-state index is -1.04. The van der Waals surface area contributed by atoms with Crippen molar-refractivity contribution in [3.05, 3.63) is 29.3 Å². The summed E-state index contributed by atoms with van der Waals surface area (Å²) in [7, 11) is 0. The number of ether oxygens (including phenoxy) is 1. The van der Waals surface area contributed by atoms with E-state index in [2.05, 4.69) is 6.07 Å². The van der Waals surface area contributed by atoms with Crippen molar-refractivity contribution in [3.63, 3.8) is 0 Å². The van der Waals surface area contributed by atoms with Crippen LogP contribution in [0.1, 0.15) is 31.4 Å². The predicted molar refractivity (Wildman–Crippen MR) is 72.4 cm³/mol. The molecule has 0 radical (unpaired) electrons. The zero-order chi connectivity index (χ0) is 13.9. The molecule has 18 heavy (non-hydrogen) atoms. The quantitative estimate of drug-likeness (QED) is 0.834. The first-order chi connectivity index (χ1) is 8.20. The summed E-state index contributed by atoms with van der Waals surface area (Å²) in [6.45, 7) is 7.53. The molecule has 0 saturated heterocycles. The molecule has 1 aromatic carbocycles. The van der Waals surface area contributed by atoms with Crippen LogP contribution >= 0.6 is 0 Å². The van der Waals surface area contributed by atoms with E-state index in [1.54, 1.807) is 6.92 Å². The van der Waals surface area contributed by atoms with Crippen molar-refractivity contribution in [2.24, 2.45) is 11.5 Å². The highest BCUT2D eigenvalue weighted by atomic mass is 16.5. The molecule has 0 bridgehead atoms. The van der Waals surface area contributed by atoms with Crippen LogP contribution in [0, 0.1) is 13.8 Å². The summed E-state index contributed by atoms with van der Waals surface area (Å²) in [5.41, 5.74) is 12.3. The summed E-state index contributed by atoms with van der Waals surface area (Å²) in [5.74, 6) is 0.277. The van der Waals surface area contributed by atoms with Gasteiger partial charge in [0.05, 0.1) is 11.6 Å². The molecule has 0 aliphatic carbocycles. The number of carbonyl (C=O) groups is 1. The average molecular weight is 250 g/mol.